The van der Waals surface area contributed by atoms with Crippen molar-refractivity contribution in [2.75, 3.05) is 12.4 Å². The van der Waals surface area contributed by atoms with Crippen LogP contribution in [0.5, 0.6) is 0 Å². The topological polar surface area (TPSA) is 46.2 Å². The highest BCUT2D eigenvalue weighted by Crippen LogP contribution is 2.41. The smallest absolute Gasteiger partial charge is 0.0611 e. The molecule has 1 saturated carbocycles. The molecule has 0 bridgehead atoms. The highest BCUT2D eigenvalue weighted by molar-refractivity contribution is 7.99. The molecule has 29 heavy (non-hydrogen) atoms. The van der Waals surface area contributed by atoms with Crippen LogP contribution in [0.2, 0.25) is 0 Å². The lowest BCUT2D eigenvalue weighted by atomic mass is 9.82. The molecule has 0 amide bonds. The van der Waals surface area contributed by atoms with Crippen molar-refractivity contribution in [3.05, 3.63) is 64.7 Å². The third kappa shape index (κ3) is 4.73. The van der Waals surface area contributed by atoms with Crippen molar-refractivity contribution in [1.82, 2.24) is 0 Å². The molecular formula is C26H35NOS. The van der Waals surface area contributed by atoms with Crippen molar-refractivity contribution >= 4 is 11.8 Å². The first kappa shape index (κ1) is 21.0. The maximum atomic E-state index is 9.56. The molecule has 0 aromatic heterocycles. The van der Waals surface area contributed by atoms with Crippen LogP contribution in [0.25, 0.3) is 0 Å². The van der Waals surface area contributed by atoms with E-state index < -0.39 is 0 Å². The van der Waals surface area contributed by atoms with Crippen molar-refractivity contribution < 1.29 is 5.11 Å². The largest absolute Gasteiger partial charge is 0.394 e. The van der Waals surface area contributed by atoms with Gasteiger partial charge in [0.15, 0.2) is 0 Å². The molecule has 3 N–H and O–H groups in total. The van der Waals surface area contributed by atoms with Crippen LogP contribution < -0.4 is 5.73 Å². The van der Waals surface area contributed by atoms with Gasteiger partial charge in [-0.05, 0) is 84.6 Å². The van der Waals surface area contributed by atoms with E-state index in [2.05, 4.69) is 56.3 Å². The molecule has 0 spiro atoms. The fraction of sp³-hybridized carbons (Fsp3) is 0.538. The average Bonchev–Trinajstić information content (AvgIpc) is 3.14. The molecule has 3 heteroatoms. The summed E-state index contributed by atoms with van der Waals surface area (Å²) in [5.74, 6) is 3.06. The second-order valence-electron chi connectivity index (χ2n) is 9.60. The number of aliphatic hydroxyl groups excluding tert-OH is 1. The number of benzene rings is 2. The molecule has 1 fully saturated rings. The zero-order chi connectivity index (χ0) is 20.4. The second kappa shape index (κ2) is 8.83. The van der Waals surface area contributed by atoms with E-state index in [0.29, 0.717) is 11.8 Å². The van der Waals surface area contributed by atoms with Gasteiger partial charge in [-0.25, -0.2) is 0 Å². The molecule has 0 heterocycles. The van der Waals surface area contributed by atoms with E-state index in [1.807, 2.05) is 11.8 Å². The summed E-state index contributed by atoms with van der Waals surface area (Å²) >= 11 is 2.04. The molecule has 0 radical (unpaired) electrons. The maximum absolute atomic E-state index is 9.56. The summed E-state index contributed by atoms with van der Waals surface area (Å²) in [7, 11) is 0. The molecular weight excluding hydrogens is 374 g/mol. The Bertz CT molecular complexity index is 848. The van der Waals surface area contributed by atoms with E-state index in [1.165, 1.54) is 41.0 Å². The zero-order valence-electron chi connectivity index (χ0n) is 17.9. The normalized spacial score (nSPS) is 26.7. The standard InChI is InChI=1S/C26H35NOS/c1-18(2)24-5-3-4-6-25(24)29-16-19-7-8-21-14-22(10-9-20(21)13-19)23-11-12-26(27,15-23)17-28/h3-6,9-10,14,18-19,23,28H,7-8,11-13,15-17,27H2,1-2H3/t19-,23+,26-/m1/s1. The van der Waals surface area contributed by atoms with Crippen LogP contribution in [0, 0.1) is 5.92 Å². The van der Waals surface area contributed by atoms with E-state index in [9.17, 15) is 5.11 Å². The first-order valence-corrected chi connectivity index (χ1v) is 12.2. The number of thioether (sulfide) groups is 1. The third-order valence-corrected chi connectivity index (χ3v) is 8.33. The number of nitrogens with two attached hydrogens (primary N) is 1. The SMILES string of the molecule is CC(C)c1ccccc1SC[C@@H]1CCc2cc([C@H]3CC[C@](N)(CO)C3)ccc2C1. The fourth-order valence-electron chi connectivity index (χ4n) is 5.13. The van der Waals surface area contributed by atoms with Gasteiger partial charge in [-0.15, -0.1) is 11.8 Å². The number of aryl methyl sites for hydroxylation is 1. The van der Waals surface area contributed by atoms with Crippen molar-refractivity contribution in [3.63, 3.8) is 0 Å². The molecule has 2 aliphatic rings. The van der Waals surface area contributed by atoms with E-state index in [1.54, 1.807) is 11.1 Å². The van der Waals surface area contributed by atoms with Crippen LogP contribution in [-0.2, 0) is 12.8 Å². The molecule has 2 aromatic rings. The van der Waals surface area contributed by atoms with Gasteiger partial charge < -0.3 is 10.8 Å². The Balaban J connectivity index is 1.39. The molecule has 4 rings (SSSR count). The van der Waals surface area contributed by atoms with E-state index in [0.717, 1.165) is 25.2 Å². The van der Waals surface area contributed by atoms with Crippen LogP contribution in [0.3, 0.4) is 0 Å². The molecule has 0 saturated heterocycles. The predicted molar refractivity (Wildman–Crippen MR) is 124 cm³/mol. The van der Waals surface area contributed by atoms with Crippen LogP contribution in [0.4, 0.5) is 0 Å². The lowest BCUT2D eigenvalue weighted by Crippen LogP contribution is -2.40. The van der Waals surface area contributed by atoms with Crippen LogP contribution in [0.1, 0.15) is 73.6 Å². The molecule has 0 unspecified atom stereocenters. The van der Waals surface area contributed by atoms with Crippen molar-refractivity contribution in [2.24, 2.45) is 11.7 Å². The molecule has 2 nitrogen and oxygen atoms in total. The van der Waals surface area contributed by atoms with E-state index >= 15 is 0 Å². The summed E-state index contributed by atoms with van der Waals surface area (Å²) in [4.78, 5) is 1.46. The highest BCUT2D eigenvalue weighted by atomic mass is 32.2. The van der Waals surface area contributed by atoms with E-state index in [-0.39, 0.29) is 12.1 Å². The minimum Gasteiger partial charge on any atom is -0.394 e. The fourth-order valence-corrected chi connectivity index (χ4v) is 6.47. The minimum absolute atomic E-state index is 0.105. The molecule has 0 aliphatic heterocycles. The number of aliphatic hydroxyl groups is 1. The highest BCUT2D eigenvalue weighted by Gasteiger charge is 2.36. The Kier molecular flexibility index (Phi) is 6.38. The Labute approximate surface area is 180 Å². The summed E-state index contributed by atoms with van der Waals surface area (Å²) in [6.07, 6.45) is 6.63. The summed E-state index contributed by atoms with van der Waals surface area (Å²) in [5.41, 5.74) is 11.9. The quantitative estimate of drug-likeness (QED) is 0.605. The van der Waals surface area contributed by atoms with Gasteiger partial charge >= 0.3 is 0 Å². The average molecular weight is 410 g/mol. The third-order valence-electron chi connectivity index (χ3n) is 7.01. The number of rotatable bonds is 6. The summed E-state index contributed by atoms with van der Waals surface area (Å²) in [6, 6.07) is 16.0. The van der Waals surface area contributed by atoms with Gasteiger partial charge in [0, 0.05) is 16.2 Å². The molecule has 3 atom stereocenters. The van der Waals surface area contributed by atoms with Gasteiger partial charge in [-0.3, -0.25) is 0 Å². The van der Waals surface area contributed by atoms with Gasteiger partial charge in [-0.1, -0.05) is 50.2 Å². The van der Waals surface area contributed by atoms with Crippen LogP contribution in [0.15, 0.2) is 47.4 Å². The Morgan fingerprint density at radius 1 is 1.14 bits per heavy atom. The van der Waals surface area contributed by atoms with E-state index in [4.69, 9.17) is 5.73 Å². The van der Waals surface area contributed by atoms with Crippen molar-refractivity contribution in [1.29, 1.82) is 0 Å². The number of fused-ring (bicyclic) bond motifs is 1. The second-order valence-corrected chi connectivity index (χ2v) is 10.7. The summed E-state index contributed by atoms with van der Waals surface area (Å²) in [5, 5.41) is 9.56. The van der Waals surface area contributed by atoms with Gasteiger partial charge in [0.1, 0.15) is 0 Å². The van der Waals surface area contributed by atoms with Crippen LogP contribution in [-0.4, -0.2) is 23.0 Å². The van der Waals surface area contributed by atoms with Gasteiger partial charge in [0.05, 0.1) is 6.61 Å². The molecule has 156 valence electrons. The zero-order valence-corrected chi connectivity index (χ0v) is 18.7. The van der Waals surface area contributed by atoms with Crippen molar-refractivity contribution in [2.45, 2.75) is 74.6 Å². The monoisotopic (exact) mass is 409 g/mol. The number of hydrogen-bond acceptors (Lipinski definition) is 3. The summed E-state index contributed by atoms with van der Waals surface area (Å²) in [6.45, 7) is 4.68. The van der Waals surface area contributed by atoms with Gasteiger partial charge in [0.2, 0.25) is 0 Å². The first-order valence-electron chi connectivity index (χ1n) is 11.2. The Morgan fingerprint density at radius 2 is 1.97 bits per heavy atom. The molecule has 2 aromatic carbocycles. The van der Waals surface area contributed by atoms with Gasteiger partial charge in [-0.2, -0.15) is 0 Å². The lowest BCUT2D eigenvalue weighted by molar-refractivity contribution is 0.198. The first-order chi connectivity index (χ1) is 14.0. The summed E-state index contributed by atoms with van der Waals surface area (Å²) < 4.78 is 0. The maximum Gasteiger partial charge on any atom is 0.0611 e. The minimum atomic E-state index is -0.366. The predicted octanol–water partition coefficient (Wildman–Crippen LogP) is 5.66. The molecule has 2 aliphatic carbocycles. The number of hydrogen-bond donors (Lipinski definition) is 2. The van der Waals surface area contributed by atoms with Crippen LogP contribution >= 0.6 is 11.8 Å². The lowest BCUT2D eigenvalue weighted by Gasteiger charge is -2.26. The Hall–Kier alpha value is -1.29. The Morgan fingerprint density at radius 3 is 2.72 bits per heavy atom. The van der Waals surface area contributed by atoms with Crippen molar-refractivity contribution in [3.8, 4) is 0 Å². The van der Waals surface area contributed by atoms with Gasteiger partial charge in [0.25, 0.3) is 0 Å².